The maximum atomic E-state index is 13.5. The highest BCUT2D eigenvalue weighted by molar-refractivity contribution is 6.11. The Bertz CT molecular complexity index is 1230. The second-order valence-corrected chi connectivity index (χ2v) is 8.63. The van der Waals surface area contributed by atoms with E-state index in [2.05, 4.69) is 5.32 Å². The molecule has 1 atom stereocenters. The molecule has 34 heavy (non-hydrogen) atoms. The predicted octanol–water partition coefficient (Wildman–Crippen LogP) is 6.64. The van der Waals surface area contributed by atoms with Crippen molar-refractivity contribution in [3.8, 4) is 5.75 Å². The minimum atomic E-state index is -4.45. The van der Waals surface area contributed by atoms with Gasteiger partial charge in [-0.3, -0.25) is 9.69 Å². The monoisotopic (exact) mass is 464 g/mol. The van der Waals surface area contributed by atoms with E-state index in [1.165, 1.54) is 17.0 Å². The van der Waals surface area contributed by atoms with Gasteiger partial charge in [-0.15, -0.1) is 0 Å². The molecule has 7 heteroatoms. The standard InChI is InChI=1S/C27H23F3N2O2/c1-17-5-9-20(10-6-17)31-24-16-25(18-3-2-4-23(15-18)34-22-13-14-22)32(26(24)33)21-11-7-19(8-12-21)27(28,29)30/h2-12,15-16,22,25,31H,13-14H2,1H3. The summed E-state index contributed by atoms with van der Waals surface area (Å²) < 4.78 is 45.2. The molecule has 0 saturated heterocycles. The van der Waals surface area contributed by atoms with Crippen molar-refractivity contribution >= 4 is 17.3 Å². The van der Waals surface area contributed by atoms with Crippen molar-refractivity contribution in [1.82, 2.24) is 0 Å². The molecule has 4 nitrogen and oxygen atoms in total. The zero-order valence-electron chi connectivity index (χ0n) is 18.5. The van der Waals surface area contributed by atoms with Gasteiger partial charge in [0.2, 0.25) is 0 Å². The van der Waals surface area contributed by atoms with Crippen LogP contribution in [0.4, 0.5) is 24.5 Å². The summed E-state index contributed by atoms with van der Waals surface area (Å²) in [6.45, 7) is 1.98. The predicted molar refractivity (Wildman–Crippen MR) is 125 cm³/mol. The number of ether oxygens (including phenoxy) is 1. The van der Waals surface area contributed by atoms with E-state index < -0.39 is 17.8 Å². The summed E-state index contributed by atoms with van der Waals surface area (Å²) in [7, 11) is 0. The largest absolute Gasteiger partial charge is 0.490 e. The van der Waals surface area contributed by atoms with Crippen molar-refractivity contribution < 1.29 is 22.7 Å². The fraction of sp³-hybridized carbons (Fsp3) is 0.222. The lowest BCUT2D eigenvalue weighted by molar-refractivity contribution is -0.137. The van der Waals surface area contributed by atoms with Crippen LogP contribution >= 0.6 is 0 Å². The number of hydrogen-bond acceptors (Lipinski definition) is 3. The first-order chi connectivity index (χ1) is 16.3. The van der Waals surface area contributed by atoms with Crippen molar-refractivity contribution in [1.29, 1.82) is 0 Å². The summed E-state index contributed by atoms with van der Waals surface area (Å²) in [5.41, 5.74) is 2.64. The smallest absolute Gasteiger partial charge is 0.416 e. The van der Waals surface area contributed by atoms with Gasteiger partial charge in [0.15, 0.2) is 0 Å². The van der Waals surface area contributed by atoms with Crippen LogP contribution in [0.5, 0.6) is 5.75 Å². The van der Waals surface area contributed by atoms with Crippen LogP contribution in [0.2, 0.25) is 0 Å². The van der Waals surface area contributed by atoms with Crippen LogP contribution in [0.1, 0.15) is 35.6 Å². The molecule has 3 aromatic carbocycles. The molecular formula is C27H23F3N2O2. The average molecular weight is 464 g/mol. The van der Waals surface area contributed by atoms with Crippen molar-refractivity contribution in [2.24, 2.45) is 0 Å². The number of nitrogens with zero attached hydrogens (tertiary/aromatic N) is 1. The molecule has 1 saturated carbocycles. The first-order valence-electron chi connectivity index (χ1n) is 11.1. The van der Waals surface area contributed by atoms with Gasteiger partial charge in [-0.05, 0) is 79.9 Å². The maximum absolute atomic E-state index is 13.5. The van der Waals surface area contributed by atoms with E-state index in [-0.39, 0.29) is 12.0 Å². The molecule has 0 aromatic heterocycles. The minimum absolute atomic E-state index is 0.223. The van der Waals surface area contributed by atoms with Crippen molar-refractivity contribution in [2.45, 2.75) is 38.1 Å². The van der Waals surface area contributed by atoms with Gasteiger partial charge in [-0.2, -0.15) is 13.2 Å². The Hall–Kier alpha value is -3.74. The zero-order chi connectivity index (χ0) is 23.9. The lowest BCUT2D eigenvalue weighted by atomic mass is 10.1. The Morgan fingerprint density at radius 2 is 1.68 bits per heavy atom. The molecule has 0 radical (unpaired) electrons. The summed E-state index contributed by atoms with van der Waals surface area (Å²) in [6.07, 6.45) is -0.378. The Morgan fingerprint density at radius 1 is 0.971 bits per heavy atom. The van der Waals surface area contributed by atoms with Crippen LogP contribution in [-0.2, 0) is 11.0 Å². The number of aryl methyl sites for hydroxylation is 1. The fourth-order valence-electron chi connectivity index (χ4n) is 3.93. The first kappa shape index (κ1) is 22.1. The third-order valence-electron chi connectivity index (χ3n) is 5.88. The molecule has 5 rings (SSSR count). The van der Waals surface area contributed by atoms with Gasteiger partial charge in [-0.25, -0.2) is 0 Å². The van der Waals surface area contributed by atoms with Crippen molar-refractivity contribution in [2.75, 3.05) is 10.2 Å². The van der Waals surface area contributed by atoms with Gasteiger partial charge in [-0.1, -0.05) is 29.8 Å². The van der Waals surface area contributed by atoms with Crippen LogP contribution in [0, 0.1) is 6.92 Å². The number of carbonyl (C=O) groups is 1. The number of benzene rings is 3. The van der Waals surface area contributed by atoms with E-state index in [1.807, 2.05) is 55.5 Å². The number of halogens is 3. The lowest BCUT2D eigenvalue weighted by Gasteiger charge is -2.26. The fourth-order valence-corrected chi connectivity index (χ4v) is 3.93. The van der Waals surface area contributed by atoms with Crippen LogP contribution in [0.15, 0.2) is 84.6 Å². The van der Waals surface area contributed by atoms with E-state index >= 15 is 0 Å². The first-order valence-corrected chi connectivity index (χ1v) is 11.1. The Balaban J connectivity index is 1.50. The van der Waals surface area contributed by atoms with E-state index in [0.29, 0.717) is 17.1 Å². The van der Waals surface area contributed by atoms with Crippen LogP contribution in [0.25, 0.3) is 0 Å². The molecule has 3 aromatic rings. The number of rotatable bonds is 6. The van der Waals surface area contributed by atoms with Crippen LogP contribution in [0.3, 0.4) is 0 Å². The SMILES string of the molecule is Cc1ccc(NC2=CC(c3cccc(OC4CC4)c3)N(c3ccc(C(F)(F)F)cc3)C2=O)cc1. The lowest BCUT2D eigenvalue weighted by Crippen LogP contribution is -2.30. The molecule has 1 N–H and O–H groups in total. The molecule has 0 bridgehead atoms. The van der Waals surface area contributed by atoms with Crippen LogP contribution in [-0.4, -0.2) is 12.0 Å². The molecule has 1 aliphatic heterocycles. The maximum Gasteiger partial charge on any atom is 0.416 e. The molecule has 1 heterocycles. The van der Waals surface area contributed by atoms with Gasteiger partial charge in [0.05, 0.1) is 17.7 Å². The highest BCUT2D eigenvalue weighted by Crippen LogP contribution is 2.39. The molecule has 174 valence electrons. The highest BCUT2D eigenvalue weighted by Gasteiger charge is 2.36. The molecule has 1 amide bonds. The molecule has 1 fully saturated rings. The van der Waals surface area contributed by atoms with Gasteiger partial charge < -0.3 is 10.1 Å². The second kappa shape index (κ2) is 8.56. The Morgan fingerprint density at radius 3 is 2.32 bits per heavy atom. The third kappa shape index (κ3) is 4.64. The zero-order valence-corrected chi connectivity index (χ0v) is 18.5. The number of hydrogen-bond donors (Lipinski definition) is 1. The summed E-state index contributed by atoms with van der Waals surface area (Å²) in [6, 6.07) is 19.3. The molecule has 1 aliphatic carbocycles. The quantitative estimate of drug-likeness (QED) is 0.445. The number of carbonyl (C=O) groups excluding carboxylic acids is 1. The summed E-state index contributed by atoms with van der Waals surface area (Å²) in [5.74, 6) is 0.395. The van der Waals surface area contributed by atoms with Crippen molar-refractivity contribution in [3.05, 3.63) is 101 Å². The van der Waals surface area contributed by atoms with Gasteiger partial charge >= 0.3 is 6.18 Å². The molecule has 1 unspecified atom stereocenters. The number of amides is 1. The molecule has 2 aliphatic rings. The van der Waals surface area contributed by atoms with E-state index in [9.17, 15) is 18.0 Å². The number of alkyl halides is 3. The third-order valence-corrected chi connectivity index (χ3v) is 5.88. The number of nitrogens with one attached hydrogen (secondary N) is 1. The summed E-state index contributed by atoms with van der Waals surface area (Å²) >= 11 is 0. The number of anilines is 2. The minimum Gasteiger partial charge on any atom is -0.490 e. The van der Waals surface area contributed by atoms with E-state index in [4.69, 9.17) is 4.74 Å². The van der Waals surface area contributed by atoms with Crippen molar-refractivity contribution in [3.63, 3.8) is 0 Å². The second-order valence-electron chi connectivity index (χ2n) is 8.63. The van der Waals surface area contributed by atoms with Crippen LogP contribution < -0.4 is 15.0 Å². The molecule has 0 spiro atoms. The van der Waals surface area contributed by atoms with E-state index in [1.54, 1.807) is 6.08 Å². The highest BCUT2D eigenvalue weighted by atomic mass is 19.4. The van der Waals surface area contributed by atoms with E-state index in [0.717, 1.165) is 41.8 Å². The van der Waals surface area contributed by atoms with Gasteiger partial charge in [0, 0.05) is 11.4 Å². The Kier molecular flexibility index (Phi) is 5.55. The van der Waals surface area contributed by atoms with Gasteiger partial charge in [0.1, 0.15) is 11.4 Å². The van der Waals surface area contributed by atoms with Gasteiger partial charge in [0.25, 0.3) is 5.91 Å². The molecular weight excluding hydrogens is 441 g/mol. The summed E-state index contributed by atoms with van der Waals surface area (Å²) in [4.78, 5) is 15.0. The average Bonchev–Trinajstić information content (AvgIpc) is 3.57. The Labute approximate surface area is 195 Å². The normalized spacial score (nSPS) is 18.1. The topological polar surface area (TPSA) is 41.6 Å². The summed E-state index contributed by atoms with van der Waals surface area (Å²) in [5, 5.41) is 3.17.